The number of amides is 1. The largest absolute Gasteiger partial charge is 0.376 e. The van der Waals surface area contributed by atoms with Gasteiger partial charge in [0, 0.05) is 12.2 Å². The molecule has 0 bridgehead atoms. The molecule has 0 aliphatic carbocycles. The summed E-state index contributed by atoms with van der Waals surface area (Å²) in [6.07, 6.45) is 2.03. The van der Waals surface area contributed by atoms with Crippen LogP contribution in [0.5, 0.6) is 0 Å². The Kier molecular flexibility index (Phi) is 5.46. The Bertz CT molecular complexity index is 359. The molecule has 0 heterocycles. The minimum Gasteiger partial charge on any atom is -0.376 e. The van der Waals surface area contributed by atoms with Crippen LogP contribution in [-0.2, 0) is 4.79 Å². The molecule has 2 N–H and O–H groups in total. The molecule has 17 heavy (non-hydrogen) atoms. The van der Waals surface area contributed by atoms with Gasteiger partial charge in [-0.2, -0.15) is 0 Å². The van der Waals surface area contributed by atoms with E-state index in [0.29, 0.717) is 12.2 Å². The summed E-state index contributed by atoms with van der Waals surface area (Å²) in [6.45, 7) is 4.75. The molecule has 0 saturated heterocycles. The summed E-state index contributed by atoms with van der Waals surface area (Å²) >= 11 is 0. The van der Waals surface area contributed by atoms with E-state index in [-0.39, 0.29) is 18.3 Å². The summed E-state index contributed by atoms with van der Waals surface area (Å²) in [4.78, 5) is 11.4. The summed E-state index contributed by atoms with van der Waals surface area (Å²) in [7, 11) is 0. The van der Waals surface area contributed by atoms with Crippen molar-refractivity contribution in [2.24, 2.45) is 0 Å². The van der Waals surface area contributed by atoms with Crippen LogP contribution in [0.25, 0.3) is 0 Å². The van der Waals surface area contributed by atoms with E-state index in [1.54, 1.807) is 0 Å². The van der Waals surface area contributed by atoms with Gasteiger partial charge in [0.1, 0.15) is 5.82 Å². The molecule has 1 aromatic carbocycles. The van der Waals surface area contributed by atoms with Crippen molar-refractivity contribution in [3.8, 4) is 0 Å². The summed E-state index contributed by atoms with van der Waals surface area (Å²) < 4.78 is 13.1. The standard InChI is InChI=1S/C13H19FN2O/c1-3-4-5-15-13(17)9-16-12-7-10(2)6-11(14)8-12/h6-8,16H,3-5,9H2,1-2H3,(H,15,17). The van der Waals surface area contributed by atoms with E-state index >= 15 is 0 Å². The van der Waals surface area contributed by atoms with E-state index in [1.165, 1.54) is 12.1 Å². The number of nitrogens with one attached hydrogen (secondary N) is 2. The van der Waals surface area contributed by atoms with Crippen LogP contribution in [-0.4, -0.2) is 19.0 Å². The molecular weight excluding hydrogens is 219 g/mol. The normalized spacial score (nSPS) is 10.1. The fourth-order valence-corrected chi connectivity index (χ4v) is 1.49. The molecule has 1 amide bonds. The van der Waals surface area contributed by atoms with Gasteiger partial charge in [-0.1, -0.05) is 13.3 Å². The Morgan fingerprint density at radius 3 is 2.76 bits per heavy atom. The number of hydrogen-bond acceptors (Lipinski definition) is 2. The highest BCUT2D eigenvalue weighted by molar-refractivity contribution is 5.80. The average Bonchev–Trinajstić information content (AvgIpc) is 2.25. The lowest BCUT2D eigenvalue weighted by Gasteiger charge is -2.08. The van der Waals surface area contributed by atoms with Crippen molar-refractivity contribution in [1.82, 2.24) is 5.32 Å². The molecular formula is C13H19FN2O. The number of unbranched alkanes of at least 4 members (excludes halogenated alkanes) is 1. The number of hydrogen-bond donors (Lipinski definition) is 2. The summed E-state index contributed by atoms with van der Waals surface area (Å²) in [6, 6.07) is 4.64. The zero-order valence-corrected chi connectivity index (χ0v) is 10.3. The molecule has 0 fully saturated rings. The lowest BCUT2D eigenvalue weighted by molar-refractivity contribution is -0.119. The van der Waals surface area contributed by atoms with Crippen LogP contribution in [0.4, 0.5) is 10.1 Å². The smallest absolute Gasteiger partial charge is 0.239 e. The molecule has 3 nitrogen and oxygen atoms in total. The second-order valence-corrected chi connectivity index (χ2v) is 4.07. The SMILES string of the molecule is CCCCNC(=O)CNc1cc(C)cc(F)c1. The molecule has 0 aromatic heterocycles. The van der Waals surface area contributed by atoms with Crippen LogP contribution < -0.4 is 10.6 Å². The first-order valence-corrected chi connectivity index (χ1v) is 5.89. The number of halogens is 1. The van der Waals surface area contributed by atoms with Gasteiger partial charge in [-0.3, -0.25) is 4.79 Å². The van der Waals surface area contributed by atoms with Gasteiger partial charge in [0.2, 0.25) is 5.91 Å². The first-order chi connectivity index (χ1) is 8.11. The monoisotopic (exact) mass is 238 g/mol. The number of rotatable bonds is 6. The van der Waals surface area contributed by atoms with Crippen LogP contribution in [0.15, 0.2) is 18.2 Å². The molecule has 0 radical (unpaired) electrons. The molecule has 1 aromatic rings. The second kappa shape index (κ2) is 6.89. The number of carbonyl (C=O) groups is 1. The Hall–Kier alpha value is -1.58. The Morgan fingerprint density at radius 2 is 2.12 bits per heavy atom. The zero-order valence-electron chi connectivity index (χ0n) is 10.3. The molecule has 0 aliphatic heterocycles. The van der Waals surface area contributed by atoms with Crippen molar-refractivity contribution in [2.45, 2.75) is 26.7 Å². The summed E-state index contributed by atoms with van der Waals surface area (Å²) in [5.41, 5.74) is 1.46. The third-order valence-corrected chi connectivity index (χ3v) is 2.35. The number of anilines is 1. The zero-order chi connectivity index (χ0) is 12.7. The van der Waals surface area contributed by atoms with E-state index < -0.39 is 0 Å². The van der Waals surface area contributed by atoms with Crippen LogP contribution in [0.3, 0.4) is 0 Å². The maximum absolute atomic E-state index is 13.1. The van der Waals surface area contributed by atoms with Gasteiger partial charge in [-0.15, -0.1) is 0 Å². The fraction of sp³-hybridized carbons (Fsp3) is 0.462. The maximum atomic E-state index is 13.1. The highest BCUT2D eigenvalue weighted by Gasteiger charge is 2.01. The highest BCUT2D eigenvalue weighted by Crippen LogP contribution is 2.12. The molecule has 0 atom stereocenters. The van der Waals surface area contributed by atoms with Crippen molar-refractivity contribution in [3.05, 3.63) is 29.6 Å². The quantitative estimate of drug-likeness (QED) is 0.747. The molecule has 0 aliphatic rings. The van der Waals surface area contributed by atoms with Crippen molar-refractivity contribution >= 4 is 11.6 Å². The molecule has 94 valence electrons. The van der Waals surface area contributed by atoms with Gasteiger partial charge >= 0.3 is 0 Å². The minimum atomic E-state index is -0.293. The fourth-order valence-electron chi connectivity index (χ4n) is 1.49. The molecule has 4 heteroatoms. The lowest BCUT2D eigenvalue weighted by Crippen LogP contribution is -2.30. The van der Waals surface area contributed by atoms with Gasteiger partial charge in [-0.05, 0) is 37.1 Å². The lowest BCUT2D eigenvalue weighted by atomic mass is 10.2. The van der Waals surface area contributed by atoms with Crippen molar-refractivity contribution in [1.29, 1.82) is 0 Å². The maximum Gasteiger partial charge on any atom is 0.239 e. The van der Waals surface area contributed by atoms with Crippen LogP contribution >= 0.6 is 0 Å². The number of aryl methyl sites for hydroxylation is 1. The summed E-state index contributed by atoms with van der Waals surface area (Å²) in [5, 5.41) is 5.69. The highest BCUT2D eigenvalue weighted by atomic mass is 19.1. The summed E-state index contributed by atoms with van der Waals surface area (Å²) in [5.74, 6) is -0.362. The third kappa shape index (κ3) is 5.33. The topological polar surface area (TPSA) is 41.1 Å². The van der Waals surface area contributed by atoms with Gasteiger partial charge < -0.3 is 10.6 Å². The Morgan fingerprint density at radius 1 is 1.35 bits per heavy atom. The predicted molar refractivity (Wildman–Crippen MR) is 67.5 cm³/mol. The van der Waals surface area contributed by atoms with Gasteiger partial charge in [0.15, 0.2) is 0 Å². The van der Waals surface area contributed by atoms with Crippen LogP contribution in [0, 0.1) is 12.7 Å². The second-order valence-electron chi connectivity index (χ2n) is 4.07. The minimum absolute atomic E-state index is 0.0691. The van der Waals surface area contributed by atoms with Crippen LogP contribution in [0.2, 0.25) is 0 Å². The van der Waals surface area contributed by atoms with E-state index in [1.807, 2.05) is 13.0 Å². The van der Waals surface area contributed by atoms with Gasteiger partial charge in [0.05, 0.1) is 6.54 Å². The van der Waals surface area contributed by atoms with Crippen molar-refractivity contribution < 1.29 is 9.18 Å². The molecule has 0 saturated carbocycles. The van der Waals surface area contributed by atoms with E-state index in [4.69, 9.17) is 0 Å². The first kappa shape index (κ1) is 13.5. The Labute approximate surface area is 101 Å². The third-order valence-electron chi connectivity index (χ3n) is 2.35. The van der Waals surface area contributed by atoms with Crippen molar-refractivity contribution in [2.75, 3.05) is 18.4 Å². The first-order valence-electron chi connectivity index (χ1n) is 5.89. The van der Waals surface area contributed by atoms with E-state index in [0.717, 1.165) is 18.4 Å². The van der Waals surface area contributed by atoms with Gasteiger partial charge in [-0.25, -0.2) is 4.39 Å². The molecule has 0 unspecified atom stereocenters. The number of carbonyl (C=O) groups excluding carboxylic acids is 1. The Balaban J connectivity index is 2.36. The molecule has 1 rings (SSSR count). The van der Waals surface area contributed by atoms with E-state index in [2.05, 4.69) is 17.6 Å². The van der Waals surface area contributed by atoms with Gasteiger partial charge in [0.25, 0.3) is 0 Å². The predicted octanol–water partition coefficient (Wildman–Crippen LogP) is 2.46. The number of benzene rings is 1. The van der Waals surface area contributed by atoms with Crippen LogP contribution in [0.1, 0.15) is 25.3 Å². The average molecular weight is 238 g/mol. The molecule has 0 spiro atoms. The van der Waals surface area contributed by atoms with Crippen molar-refractivity contribution in [3.63, 3.8) is 0 Å². The van der Waals surface area contributed by atoms with E-state index in [9.17, 15) is 9.18 Å².